The van der Waals surface area contributed by atoms with Crippen LogP contribution in [-0.4, -0.2) is 25.1 Å². The second kappa shape index (κ2) is 9.90. The highest BCUT2D eigenvalue weighted by Crippen LogP contribution is 2.28. The number of rotatable bonds is 7. The van der Waals surface area contributed by atoms with Gasteiger partial charge in [-0.15, -0.1) is 11.3 Å². The minimum Gasteiger partial charge on any atom is -0.456 e. The Morgan fingerprint density at radius 2 is 1.94 bits per heavy atom. The molecule has 0 radical (unpaired) electrons. The van der Waals surface area contributed by atoms with Crippen LogP contribution in [0, 0.1) is 6.92 Å². The molecule has 0 amide bonds. The van der Waals surface area contributed by atoms with Gasteiger partial charge in [-0.2, -0.15) is 5.10 Å². The Hall–Kier alpha value is -4.30. The quantitative estimate of drug-likeness (QED) is 0.248. The van der Waals surface area contributed by atoms with E-state index in [0.717, 1.165) is 27.4 Å². The van der Waals surface area contributed by atoms with E-state index in [2.05, 4.69) is 4.98 Å². The molecule has 7 nitrogen and oxygen atoms in total. The Balaban J connectivity index is 1.32. The fourth-order valence-electron chi connectivity index (χ4n) is 3.80. The molecule has 0 saturated heterocycles. The zero-order valence-corrected chi connectivity index (χ0v) is 19.8. The van der Waals surface area contributed by atoms with E-state index >= 15 is 0 Å². The zero-order valence-electron chi connectivity index (χ0n) is 19.0. The molecule has 8 heteroatoms. The van der Waals surface area contributed by atoms with Crippen LogP contribution in [0.1, 0.15) is 22.5 Å². The van der Waals surface area contributed by atoms with E-state index in [0.29, 0.717) is 17.9 Å². The van der Waals surface area contributed by atoms with Gasteiger partial charge in [0.15, 0.2) is 0 Å². The molecule has 1 aromatic carbocycles. The number of aromatic nitrogens is 4. The van der Waals surface area contributed by atoms with Crippen molar-refractivity contribution in [3.8, 4) is 10.6 Å². The van der Waals surface area contributed by atoms with Crippen molar-refractivity contribution >= 4 is 29.0 Å². The Morgan fingerprint density at radius 1 is 1.09 bits per heavy atom. The highest BCUT2D eigenvalue weighted by atomic mass is 32.1. The molecule has 0 aliphatic rings. The van der Waals surface area contributed by atoms with E-state index in [1.165, 1.54) is 16.5 Å². The molecule has 0 saturated carbocycles. The minimum atomic E-state index is -0.524. The molecule has 174 valence electrons. The van der Waals surface area contributed by atoms with Crippen LogP contribution < -0.4 is 5.56 Å². The van der Waals surface area contributed by atoms with Crippen molar-refractivity contribution < 1.29 is 9.53 Å². The summed E-state index contributed by atoms with van der Waals surface area (Å²) in [4.78, 5) is 30.3. The van der Waals surface area contributed by atoms with E-state index < -0.39 is 5.97 Å². The van der Waals surface area contributed by atoms with E-state index in [9.17, 15) is 9.59 Å². The third-order valence-corrected chi connectivity index (χ3v) is 6.30. The van der Waals surface area contributed by atoms with E-state index in [4.69, 9.17) is 9.84 Å². The Kier molecular flexibility index (Phi) is 6.36. The van der Waals surface area contributed by atoms with Crippen molar-refractivity contribution in [1.29, 1.82) is 0 Å². The van der Waals surface area contributed by atoms with Crippen molar-refractivity contribution in [2.24, 2.45) is 0 Å². The number of ether oxygens (including phenoxy) is 1. The number of hydrogen-bond acceptors (Lipinski definition) is 6. The first-order valence-electron chi connectivity index (χ1n) is 11.1. The van der Waals surface area contributed by atoms with Gasteiger partial charge in [0.2, 0.25) is 0 Å². The van der Waals surface area contributed by atoms with Gasteiger partial charge in [-0.3, -0.25) is 13.9 Å². The number of esters is 1. The molecule has 0 N–H and O–H groups in total. The summed E-state index contributed by atoms with van der Waals surface area (Å²) in [5.74, 6) is -0.524. The molecule has 4 heterocycles. The lowest BCUT2D eigenvalue weighted by Crippen LogP contribution is -2.18. The van der Waals surface area contributed by atoms with Crippen molar-refractivity contribution in [3.63, 3.8) is 0 Å². The van der Waals surface area contributed by atoms with Gasteiger partial charge >= 0.3 is 5.97 Å². The van der Waals surface area contributed by atoms with Crippen LogP contribution >= 0.6 is 11.3 Å². The summed E-state index contributed by atoms with van der Waals surface area (Å²) in [6.45, 7) is 2.38. The summed E-state index contributed by atoms with van der Waals surface area (Å²) < 4.78 is 8.74. The maximum atomic E-state index is 12.4. The standard InChI is InChI=1S/C27H22N4O3S/c1-19-7-5-11-24-28-22(15-25(32)31(19)24)18-34-26(33)13-12-21-17-30(16-20-8-3-2-4-9-20)29-27(21)23-10-6-14-35-23/h2-15,17H,16,18H2,1H3/b13-12+. The maximum Gasteiger partial charge on any atom is 0.331 e. The number of pyridine rings is 1. The highest BCUT2D eigenvalue weighted by Gasteiger charge is 2.12. The average molecular weight is 483 g/mol. The van der Waals surface area contributed by atoms with E-state index in [1.54, 1.807) is 23.5 Å². The molecule has 0 atom stereocenters. The Labute approximate surface area is 205 Å². The summed E-state index contributed by atoms with van der Waals surface area (Å²) in [5.41, 5.74) is 4.26. The van der Waals surface area contributed by atoms with Crippen LogP contribution in [0.3, 0.4) is 0 Å². The molecule has 0 aliphatic heterocycles. The topological polar surface area (TPSA) is 78.5 Å². The third kappa shape index (κ3) is 5.12. The number of carbonyl (C=O) groups is 1. The smallest absolute Gasteiger partial charge is 0.331 e. The highest BCUT2D eigenvalue weighted by molar-refractivity contribution is 7.13. The van der Waals surface area contributed by atoms with Gasteiger partial charge in [-0.05, 0) is 42.1 Å². The summed E-state index contributed by atoms with van der Waals surface area (Å²) in [6, 6.07) is 20.9. The van der Waals surface area contributed by atoms with Crippen molar-refractivity contribution in [3.05, 3.63) is 117 Å². The van der Waals surface area contributed by atoms with Crippen LogP contribution in [0.2, 0.25) is 0 Å². The van der Waals surface area contributed by atoms with Crippen molar-refractivity contribution in [2.45, 2.75) is 20.1 Å². The second-order valence-corrected chi connectivity index (χ2v) is 8.93. The van der Waals surface area contributed by atoms with Gasteiger partial charge in [0.1, 0.15) is 17.9 Å². The number of carbonyl (C=O) groups excluding carboxylic acids is 1. The minimum absolute atomic E-state index is 0.0894. The first kappa shape index (κ1) is 22.5. The summed E-state index contributed by atoms with van der Waals surface area (Å²) in [6.07, 6.45) is 5.00. The summed E-state index contributed by atoms with van der Waals surface area (Å²) in [7, 11) is 0. The van der Waals surface area contributed by atoms with Crippen LogP contribution in [0.15, 0.2) is 89.2 Å². The molecule has 0 spiro atoms. The lowest BCUT2D eigenvalue weighted by molar-refractivity contribution is -0.139. The Bertz CT molecular complexity index is 1570. The molecule has 0 bridgehead atoms. The molecular weight excluding hydrogens is 460 g/mol. The first-order chi connectivity index (χ1) is 17.1. The van der Waals surface area contributed by atoms with Gasteiger partial charge in [0, 0.05) is 29.6 Å². The number of thiophene rings is 1. The molecule has 5 rings (SSSR count). The largest absolute Gasteiger partial charge is 0.456 e. The number of fused-ring (bicyclic) bond motifs is 1. The lowest BCUT2D eigenvalue weighted by Gasteiger charge is -2.06. The number of nitrogens with zero attached hydrogens (tertiary/aromatic N) is 4. The fourth-order valence-corrected chi connectivity index (χ4v) is 4.53. The van der Waals surface area contributed by atoms with Gasteiger partial charge < -0.3 is 4.74 Å². The van der Waals surface area contributed by atoms with Crippen LogP contribution in [-0.2, 0) is 22.7 Å². The monoisotopic (exact) mass is 482 g/mol. The van der Waals surface area contributed by atoms with Crippen LogP contribution in [0.5, 0.6) is 0 Å². The fraction of sp³-hybridized carbons (Fsp3) is 0.111. The number of benzene rings is 1. The second-order valence-electron chi connectivity index (χ2n) is 7.98. The van der Waals surface area contributed by atoms with E-state index in [-0.39, 0.29) is 12.2 Å². The molecule has 0 aliphatic carbocycles. The van der Waals surface area contributed by atoms with Gasteiger partial charge in [-0.25, -0.2) is 9.78 Å². The normalized spacial score (nSPS) is 11.3. The maximum absolute atomic E-state index is 12.4. The van der Waals surface area contributed by atoms with Crippen molar-refractivity contribution in [2.75, 3.05) is 0 Å². The molecule has 5 aromatic rings. The number of aryl methyl sites for hydroxylation is 1. The predicted molar refractivity (Wildman–Crippen MR) is 136 cm³/mol. The molecule has 0 fully saturated rings. The van der Waals surface area contributed by atoms with Crippen molar-refractivity contribution in [1.82, 2.24) is 19.2 Å². The predicted octanol–water partition coefficient (Wildman–Crippen LogP) is 4.73. The van der Waals surface area contributed by atoms with Gasteiger partial charge in [0.25, 0.3) is 5.56 Å². The third-order valence-electron chi connectivity index (χ3n) is 5.43. The molecule has 35 heavy (non-hydrogen) atoms. The van der Waals surface area contributed by atoms with Crippen LogP contribution in [0.4, 0.5) is 0 Å². The van der Waals surface area contributed by atoms with Crippen LogP contribution in [0.25, 0.3) is 22.3 Å². The number of hydrogen-bond donors (Lipinski definition) is 0. The Morgan fingerprint density at radius 3 is 2.74 bits per heavy atom. The van der Waals surface area contributed by atoms with Gasteiger partial charge in [0.05, 0.1) is 17.1 Å². The average Bonchev–Trinajstić information content (AvgIpc) is 3.52. The molecule has 0 unspecified atom stereocenters. The van der Waals surface area contributed by atoms with E-state index in [1.807, 2.05) is 77.8 Å². The first-order valence-corrected chi connectivity index (χ1v) is 11.9. The SMILES string of the molecule is Cc1cccc2nc(COC(=O)/C=C/c3cn(Cc4ccccc4)nc3-c3cccs3)cc(=O)n12. The summed E-state index contributed by atoms with van der Waals surface area (Å²) >= 11 is 1.59. The van der Waals surface area contributed by atoms with Gasteiger partial charge in [-0.1, -0.05) is 42.5 Å². The lowest BCUT2D eigenvalue weighted by atomic mass is 10.2. The summed E-state index contributed by atoms with van der Waals surface area (Å²) in [5, 5.41) is 6.74. The molecule has 4 aromatic heterocycles. The molecular formula is C27H22N4O3S. The zero-order chi connectivity index (χ0) is 24.2.